The Morgan fingerprint density at radius 3 is 2.65 bits per heavy atom. The molecule has 7 heteroatoms. The number of hydrogen-bond donors (Lipinski definition) is 1. The van der Waals surface area contributed by atoms with Crippen LogP contribution >= 0.6 is 0 Å². The van der Waals surface area contributed by atoms with Crippen molar-refractivity contribution in [2.24, 2.45) is 4.99 Å². The second kappa shape index (κ2) is 8.68. The van der Waals surface area contributed by atoms with E-state index in [2.05, 4.69) is 52.5 Å². The highest BCUT2D eigenvalue weighted by Gasteiger charge is 2.27. The second-order valence-corrected chi connectivity index (χ2v) is 8.68. The van der Waals surface area contributed by atoms with Crippen molar-refractivity contribution in [3.05, 3.63) is 42.0 Å². The summed E-state index contributed by atoms with van der Waals surface area (Å²) in [5.41, 5.74) is 2.66. The molecule has 0 saturated carbocycles. The average Bonchev–Trinajstić information content (AvgIpc) is 3.00. The van der Waals surface area contributed by atoms with Crippen molar-refractivity contribution < 1.29 is 8.42 Å². The first-order valence-electron chi connectivity index (χ1n) is 9.35. The number of sulfonamides is 1. The first kappa shape index (κ1) is 18.9. The first-order chi connectivity index (χ1) is 12.6. The van der Waals surface area contributed by atoms with Crippen LogP contribution in [0.15, 0.2) is 41.4 Å². The third kappa shape index (κ3) is 4.65. The zero-order chi connectivity index (χ0) is 18.4. The van der Waals surface area contributed by atoms with Crippen LogP contribution in [0.1, 0.15) is 25.3 Å². The van der Waals surface area contributed by atoms with Crippen LogP contribution in [-0.4, -0.2) is 68.6 Å². The van der Waals surface area contributed by atoms with E-state index in [0.717, 1.165) is 38.4 Å². The Kier molecular flexibility index (Phi) is 6.32. The molecule has 2 aliphatic heterocycles. The van der Waals surface area contributed by atoms with E-state index in [9.17, 15) is 8.42 Å². The summed E-state index contributed by atoms with van der Waals surface area (Å²) in [6.45, 7) is 6.17. The van der Waals surface area contributed by atoms with Crippen LogP contribution in [0.5, 0.6) is 0 Å². The maximum atomic E-state index is 11.9. The largest absolute Gasteiger partial charge is 0.357 e. The quantitative estimate of drug-likeness (QED) is 0.628. The van der Waals surface area contributed by atoms with Crippen molar-refractivity contribution in [3.8, 4) is 0 Å². The summed E-state index contributed by atoms with van der Waals surface area (Å²) < 4.78 is 25.3. The summed E-state index contributed by atoms with van der Waals surface area (Å²) in [7, 11) is -3.04. The minimum Gasteiger partial charge on any atom is -0.357 e. The SMILES string of the molecule is CCNC(=NCCN1CCCS1(=O)=O)N1CC=C(c2ccccc2)CC1. The van der Waals surface area contributed by atoms with Gasteiger partial charge in [-0.3, -0.25) is 4.99 Å². The van der Waals surface area contributed by atoms with Gasteiger partial charge < -0.3 is 10.2 Å². The highest BCUT2D eigenvalue weighted by atomic mass is 32.2. The first-order valence-corrected chi connectivity index (χ1v) is 11.0. The molecule has 0 unspecified atom stereocenters. The molecule has 0 aromatic heterocycles. The molecule has 2 aliphatic rings. The van der Waals surface area contributed by atoms with Crippen LogP contribution < -0.4 is 5.32 Å². The molecule has 26 heavy (non-hydrogen) atoms. The second-order valence-electron chi connectivity index (χ2n) is 6.60. The molecule has 1 aromatic carbocycles. The number of benzene rings is 1. The fraction of sp³-hybridized carbons (Fsp3) is 0.526. The van der Waals surface area contributed by atoms with Crippen molar-refractivity contribution in [3.63, 3.8) is 0 Å². The van der Waals surface area contributed by atoms with Gasteiger partial charge in [-0.2, -0.15) is 0 Å². The lowest BCUT2D eigenvalue weighted by Crippen LogP contribution is -2.44. The summed E-state index contributed by atoms with van der Waals surface area (Å²) in [4.78, 5) is 6.89. The van der Waals surface area contributed by atoms with Crippen LogP contribution in [0.3, 0.4) is 0 Å². The third-order valence-corrected chi connectivity index (χ3v) is 6.76. The van der Waals surface area contributed by atoms with Gasteiger partial charge in [0.25, 0.3) is 0 Å². The predicted molar refractivity (Wildman–Crippen MR) is 107 cm³/mol. The molecule has 1 N–H and O–H groups in total. The van der Waals surface area contributed by atoms with Gasteiger partial charge in [0, 0.05) is 32.7 Å². The van der Waals surface area contributed by atoms with E-state index in [1.165, 1.54) is 11.1 Å². The summed E-state index contributed by atoms with van der Waals surface area (Å²) in [5, 5.41) is 3.33. The highest BCUT2D eigenvalue weighted by Crippen LogP contribution is 2.22. The number of hydrogen-bond acceptors (Lipinski definition) is 3. The van der Waals surface area contributed by atoms with Crippen molar-refractivity contribution in [2.75, 3.05) is 45.0 Å². The van der Waals surface area contributed by atoms with Crippen LogP contribution in [0, 0.1) is 0 Å². The van der Waals surface area contributed by atoms with Gasteiger partial charge in [0.15, 0.2) is 5.96 Å². The molecule has 0 spiro atoms. The fourth-order valence-corrected chi connectivity index (χ4v) is 4.93. The third-order valence-electron chi connectivity index (χ3n) is 4.80. The normalized spacial score (nSPS) is 20.9. The molecule has 1 aromatic rings. The molecule has 142 valence electrons. The van der Waals surface area contributed by atoms with Crippen LogP contribution in [0.25, 0.3) is 5.57 Å². The van der Waals surface area contributed by atoms with Gasteiger partial charge in [0.05, 0.1) is 12.3 Å². The topological polar surface area (TPSA) is 65.0 Å². The molecule has 2 heterocycles. The van der Waals surface area contributed by atoms with E-state index >= 15 is 0 Å². The van der Waals surface area contributed by atoms with Gasteiger partial charge in [-0.1, -0.05) is 36.4 Å². The summed E-state index contributed by atoms with van der Waals surface area (Å²) in [6, 6.07) is 10.5. The number of rotatable bonds is 5. The fourth-order valence-electron chi connectivity index (χ4n) is 3.41. The Bertz CT molecular complexity index is 759. The monoisotopic (exact) mass is 376 g/mol. The van der Waals surface area contributed by atoms with Gasteiger partial charge in [-0.05, 0) is 30.9 Å². The summed E-state index contributed by atoms with van der Waals surface area (Å²) in [6.07, 6.45) is 3.97. The summed E-state index contributed by atoms with van der Waals surface area (Å²) >= 11 is 0. The van der Waals surface area contributed by atoms with Gasteiger partial charge in [-0.15, -0.1) is 0 Å². The minimum absolute atomic E-state index is 0.274. The molecular formula is C19H28N4O2S. The Morgan fingerprint density at radius 1 is 1.23 bits per heavy atom. The van der Waals surface area contributed by atoms with E-state index in [1.54, 1.807) is 4.31 Å². The van der Waals surface area contributed by atoms with Gasteiger partial charge >= 0.3 is 0 Å². The van der Waals surface area contributed by atoms with E-state index in [1.807, 2.05) is 6.07 Å². The van der Waals surface area contributed by atoms with Crippen LogP contribution in [0.2, 0.25) is 0 Å². The minimum atomic E-state index is -3.04. The smallest absolute Gasteiger partial charge is 0.214 e. The van der Waals surface area contributed by atoms with E-state index in [4.69, 9.17) is 0 Å². The van der Waals surface area contributed by atoms with Gasteiger partial charge in [-0.25, -0.2) is 12.7 Å². The highest BCUT2D eigenvalue weighted by molar-refractivity contribution is 7.89. The van der Waals surface area contributed by atoms with Crippen molar-refractivity contribution in [1.29, 1.82) is 0 Å². The van der Waals surface area contributed by atoms with Crippen molar-refractivity contribution in [1.82, 2.24) is 14.5 Å². The molecule has 0 radical (unpaired) electrons. The Hall–Kier alpha value is -1.86. The van der Waals surface area contributed by atoms with Gasteiger partial charge in [0.2, 0.25) is 10.0 Å². The Morgan fingerprint density at radius 2 is 2.04 bits per heavy atom. The van der Waals surface area contributed by atoms with Crippen molar-refractivity contribution in [2.45, 2.75) is 19.8 Å². The van der Waals surface area contributed by atoms with Crippen LogP contribution in [-0.2, 0) is 10.0 Å². The predicted octanol–water partition coefficient (Wildman–Crippen LogP) is 1.78. The Labute approximate surface area is 156 Å². The maximum Gasteiger partial charge on any atom is 0.214 e. The molecular weight excluding hydrogens is 348 g/mol. The molecule has 1 fully saturated rings. The van der Waals surface area contributed by atoms with Crippen molar-refractivity contribution >= 4 is 21.6 Å². The molecule has 0 amide bonds. The maximum absolute atomic E-state index is 11.9. The number of guanidine groups is 1. The molecule has 0 aliphatic carbocycles. The summed E-state index contributed by atoms with van der Waals surface area (Å²) in [5.74, 6) is 1.14. The molecule has 6 nitrogen and oxygen atoms in total. The lowest BCUT2D eigenvalue weighted by atomic mass is 10.00. The molecule has 0 atom stereocenters. The number of aliphatic imine (C=N–C) groups is 1. The lowest BCUT2D eigenvalue weighted by Gasteiger charge is -2.30. The standard InChI is InChI=1S/C19H28N4O2S/c1-2-20-19(21-11-15-23-12-6-16-26(23,24)25)22-13-9-18(10-14-22)17-7-4-3-5-8-17/h3-5,7-9H,2,6,10-16H2,1H3,(H,20,21). The zero-order valence-corrected chi connectivity index (χ0v) is 16.2. The van der Waals surface area contributed by atoms with E-state index < -0.39 is 10.0 Å². The number of nitrogens with one attached hydrogen (secondary N) is 1. The number of nitrogens with zero attached hydrogens (tertiary/aromatic N) is 3. The zero-order valence-electron chi connectivity index (χ0n) is 15.4. The molecule has 3 rings (SSSR count). The van der Waals surface area contributed by atoms with E-state index in [0.29, 0.717) is 19.6 Å². The lowest BCUT2D eigenvalue weighted by molar-refractivity contribution is 0.431. The average molecular weight is 377 g/mol. The van der Waals surface area contributed by atoms with E-state index in [-0.39, 0.29) is 5.75 Å². The Balaban J connectivity index is 1.60. The van der Waals surface area contributed by atoms with Gasteiger partial charge in [0.1, 0.15) is 0 Å². The molecule has 0 bridgehead atoms. The van der Waals surface area contributed by atoms with Crippen LogP contribution in [0.4, 0.5) is 0 Å². The molecule has 1 saturated heterocycles.